The van der Waals surface area contributed by atoms with E-state index in [4.69, 9.17) is 4.74 Å². The molecule has 1 aliphatic carbocycles. The standard InChI is InChI=1S/C19H18F2N2O5/c20-11-5-6-15(14(21)9-11)22-16(24)10-28-17(25)7-8-23-18(26)12-3-1-2-4-13(12)19(23)27/h1-2,5-6,9,12-13H,3-4,7-8,10H2,(H,22,24)/t12-,13+. The average Bonchev–Trinajstić information content (AvgIpc) is 2.91. The fourth-order valence-electron chi connectivity index (χ4n) is 3.29. The molecule has 1 aromatic carbocycles. The van der Waals surface area contributed by atoms with Crippen LogP contribution in [0.25, 0.3) is 0 Å². The molecule has 148 valence electrons. The Kier molecular flexibility index (Phi) is 5.81. The van der Waals surface area contributed by atoms with Crippen LogP contribution in [0.15, 0.2) is 30.4 Å². The van der Waals surface area contributed by atoms with Gasteiger partial charge in [0.05, 0.1) is 23.9 Å². The highest BCUT2D eigenvalue weighted by molar-refractivity contribution is 6.05. The first-order chi connectivity index (χ1) is 13.4. The monoisotopic (exact) mass is 392 g/mol. The summed E-state index contributed by atoms with van der Waals surface area (Å²) in [5.74, 6) is -4.65. The van der Waals surface area contributed by atoms with Gasteiger partial charge in [0.25, 0.3) is 5.91 Å². The lowest BCUT2D eigenvalue weighted by Crippen LogP contribution is -2.33. The van der Waals surface area contributed by atoms with E-state index in [-0.39, 0.29) is 42.3 Å². The van der Waals surface area contributed by atoms with Crippen molar-refractivity contribution in [1.82, 2.24) is 4.90 Å². The van der Waals surface area contributed by atoms with E-state index in [1.165, 1.54) is 0 Å². The van der Waals surface area contributed by atoms with Crippen molar-refractivity contribution < 1.29 is 32.7 Å². The van der Waals surface area contributed by atoms with Gasteiger partial charge in [0.1, 0.15) is 11.6 Å². The molecule has 2 aliphatic rings. The van der Waals surface area contributed by atoms with Gasteiger partial charge in [-0.25, -0.2) is 8.78 Å². The smallest absolute Gasteiger partial charge is 0.308 e. The Morgan fingerprint density at radius 1 is 1.11 bits per heavy atom. The summed E-state index contributed by atoms with van der Waals surface area (Å²) in [5, 5.41) is 2.15. The molecule has 9 heteroatoms. The molecule has 7 nitrogen and oxygen atoms in total. The van der Waals surface area contributed by atoms with Crippen LogP contribution in [0, 0.1) is 23.5 Å². The second-order valence-corrected chi connectivity index (χ2v) is 6.57. The predicted octanol–water partition coefficient (Wildman–Crippen LogP) is 1.79. The summed E-state index contributed by atoms with van der Waals surface area (Å²) in [7, 11) is 0. The van der Waals surface area contributed by atoms with Crippen molar-refractivity contribution in [2.24, 2.45) is 11.8 Å². The molecular formula is C19H18F2N2O5. The van der Waals surface area contributed by atoms with Crippen LogP contribution in [-0.2, 0) is 23.9 Å². The first-order valence-electron chi connectivity index (χ1n) is 8.77. The number of esters is 1. The maximum atomic E-state index is 13.5. The Morgan fingerprint density at radius 3 is 2.36 bits per heavy atom. The fraction of sp³-hybridized carbons (Fsp3) is 0.368. The number of amides is 3. The average molecular weight is 392 g/mol. The molecule has 28 heavy (non-hydrogen) atoms. The van der Waals surface area contributed by atoms with Crippen LogP contribution in [0.3, 0.4) is 0 Å². The quantitative estimate of drug-likeness (QED) is 0.453. The second kappa shape index (κ2) is 8.28. The van der Waals surface area contributed by atoms with E-state index < -0.39 is 30.1 Å². The summed E-state index contributed by atoms with van der Waals surface area (Å²) in [4.78, 5) is 49.2. The topological polar surface area (TPSA) is 92.8 Å². The summed E-state index contributed by atoms with van der Waals surface area (Å²) in [6.07, 6.45) is 4.51. The van der Waals surface area contributed by atoms with Gasteiger partial charge in [0.2, 0.25) is 11.8 Å². The van der Waals surface area contributed by atoms with Crippen molar-refractivity contribution >= 4 is 29.4 Å². The molecule has 1 aliphatic heterocycles. The molecule has 3 rings (SSSR count). The van der Waals surface area contributed by atoms with Gasteiger partial charge in [-0.1, -0.05) is 12.2 Å². The summed E-state index contributed by atoms with van der Waals surface area (Å²) in [6, 6.07) is 2.63. The summed E-state index contributed by atoms with van der Waals surface area (Å²) in [5.41, 5.74) is -0.244. The maximum Gasteiger partial charge on any atom is 0.308 e. The van der Waals surface area contributed by atoms with E-state index in [0.717, 1.165) is 17.0 Å². The lowest BCUT2D eigenvalue weighted by atomic mass is 9.85. The predicted molar refractivity (Wildman–Crippen MR) is 92.6 cm³/mol. The van der Waals surface area contributed by atoms with E-state index in [9.17, 15) is 28.0 Å². The van der Waals surface area contributed by atoms with E-state index >= 15 is 0 Å². The first kappa shape index (κ1) is 19.7. The van der Waals surface area contributed by atoms with Gasteiger partial charge < -0.3 is 10.1 Å². The zero-order chi connectivity index (χ0) is 20.3. The number of nitrogens with one attached hydrogen (secondary N) is 1. The Hall–Kier alpha value is -3.10. The van der Waals surface area contributed by atoms with Crippen molar-refractivity contribution in [1.29, 1.82) is 0 Å². The van der Waals surface area contributed by atoms with Crippen molar-refractivity contribution in [2.75, 3.05) is 18.5 Å². The highest BCUT2D eigenvalue weighted by atomic mass is 19.1. The number of anilines is 1. The number of hydrogen-bond donors (Lipinski definition) is 1. The Bertz CT molecular complexity index is 829. The maximum absolute atomic E-state index is 13.5. The number of hydrogen-bond acceptors (Lipinski definition) is 5. The number of rotatable bonds is 6. The van der Waals surface area contributed by atoms with E-state index in [2.05, 4.69) is 5.32 Å². The Balaban J connectivity index is 1.44. The zero-order valence-electron chi connectivity index (χ0n) is 14.8. The minimum atomic E-state index is -0.957. The molecule has 2 atom stereocenters. The number of fused-ring (bicyclic) bond motifs is 1. The summed E-state index contributed by atoms with van der Waals surface area (Å²) >= 11 is 0. The third-order valence-corrected chi connectivity index (χ3v) is 4.71. The van der Waals surface area contributed by atoms with Gasteiger partial charge in [0, 0.05) is 12.6 Å². The van der Waals surface area contributed by atoms with E-state index in [1.54, 1.807) is 0 Å². The molecular weight excluding hydrogens is 374 g/mol. The lowest BCUT2D eigenvalue weighted by Gasteiger charge is -2.14. The molecule has 1 saturated heterocycles. The number of halogens is 2. The van der Waals surface area contributed by atoms with Gasteiger partial charge >= 0.3 is 5.97 Å². The number of carbonyl (C=O) groups excluding carboxylic acids is 4. The Labute approximate surface area is 159 Å². The van der Waals surface area contributed by atoms with Gasteiger partial charge in [0.15, 0.2) is 6.61 Å². The molecule has 1 N–H and O–H groups in total. The van der Waals surface area contributed by atoms with Crippen LogP contribution in [0.1, 0.15) is 19.3 Å². The van der Waals surface area contributed by atoms with Crippen LogP contribution >= 0.6 is 0 Å². The molecule has 3 amide bonds. The number of likely N-dealkylation sites (tertiary alicyclic amines) is 1. The third-order valence-electron chi connectivity index (χ3n) is 4.71. The van der Waals surface area contributed by atoms with Crippen molar-refractivity contribution in [2.45, 2.75) is 19.3 Å². The van der Waals surface area contributed by atoms with Crippen LogP contribution in [0.4, 0.5) is 14.5 Å². The molecule has 0 bridgehead atoms. The minimum absolute atomic E-state index is 0.113. The number of nitrogens with zero attached hydrogens (tertiary/aromatic N) is 1. The third kappa shape index (κ3) is 4.24. The summed E-state index contributed by atoms with van der Waals surface area (Å²) in [6.45, 7) is -0.787. The number of benzene rings is 1. The number of imide groups is 1. The first-order valence-corrected chi connectivity index (χ1v) is 8.77. The highest BCUT2D eigenvalue weighted by Gasteiger charge is 2.46. The molecule has 0 spiro atoms. The normalized spacial score (nSPS) is 20.9. The number of allylic oxidation sites excluding steroid dienone is 2. The fourth-order valence-corrected chi connectivity index (χ4v) is 3.29. The van der Waals surface area contributed by atoms with Crippen LogP contribution in [0.5, 0.6) is 0 Å². The van der Waals surface area contributed by atoms with E-state index in [1.807, 2.05) is 12.2 Å². The highest BCUT2D eigenvalue weighted by Crippen LogP contribution is 2.35. The molecule has 0 unspecified atom stereocenters. The lowest BCUT2D eigenvalue weighted by molar-refractivity contribution is -0.148. The zero-order valence-corrected chi connectivity index (χ0v) is 14.8. The SMILES string of the molecule is O=C(COC(=O)CCN1C(=O)[C@H]2CC=CC[C@H]2C1=O)Nc1ccc(F)cc1F. The van der Waals surface area contributed by atoms with Gasteiger partial charge in [-0.15, -0.1) is 0 Å². The van der Waals surface area contributed by atoms with Gasteiger partial charge in [-0.2, -0.15) is 0 Å². The largest absolute Gasteiger partial charge is 0.456 e. The van der Waals surface area contributed by atoms with Gasteiger partial charge in [-0.3, -0.25) is 24.1 Å². The van der Waals surface area contributed by atoms with Crippen molar-refractivity contribution in [3.05, 3.63) is 42.0 Å². The van der Waals surface area contributed by atoms with Crippen molar-refractivity contribution in [3.8, 4) is 0 Å². The number of ether oxygens (including phenoxy) is 1. The Morgan fingerprint density at radius 2 is 1.75 bits per heavy atom. The number of carbonyl (C=O) groups is 4. The second-order valence-electron chi connectivity index (χ2n) is 6.57. The summed E-state index contributed by atoms with van der Waals surface area (Å²) < 4.78 is 31.1. The molecule has 0 radical (unpaired) electrons. The van der Waals surface area contributed by atoms with Gasteiger partial charge in [-0.05, 0) is 25.0 Å². The molecule has 1 heterocycles. The molecule has 1 aromatic rings. The molecule has 1 fully saturated rings. The van der Waals surface area contributed by atoms with Crippen LogP contribution in [0.2, 0.25) is 0 Å². The van der Waals surface area contributed by atoms with Crippen LogP contribution in [-0.4, -0.2) is 41.7 Å². The van der Waals surface area contributed by atoms with E-state index in [0.29, 0.717) is 18.9 Å². The molecule has 0 saturated carbocycles. The van der Waals surface area contributed by atoms with Crippen LogP contribution < -0.4 is 5.32 Å². The molecule has 0 aromatic heterocycles. The van der Waals surface area contributed by atoms with Crippen molar-refractivity contribution in [3.63, 3.8) is 0 Å². The minimum Gasteiger partial charge on any atom is -0.456 e.